The van der Waals surface area contributed by atoms with Gasteiger partial charge in [0.25, 0.3) is 11.8 Å². The average Bonchev–Trinajstić information content (AvgIpc) is 4.05. The zero-order chi connectivity index (χ0) is 56.7. The first kappa shape index (κ1) is 56.0. The molecule has 4 aliphatic heterocycles. The summed E-state index contributed by atoms with van der Waals surface area (Å²) in [4.78, 5) is 77.8. The van der Waals surface area contributed by atoms with Crippen molar-refractivity contribution in [2.45, 2.75) is 95.2 Å². The van der Waals surface area contributed by atoms with Gasteiger partial charge in [-0.05, 0) is 91.8 Å². The molecule has 12 rings (SSSR count). The average molecular weight is 1150 g/mol. The molecule has 2 saturated heterocycles. The minimum Gasteiger partial charge on any atom is -0.394 e. The van der Waals surface area contributed by atoms with Crippen molar-refractivity contribution in [1.82, 2.24) is 55.1 Å². The van der Waals surface area contributed by atoms with Crippen LogP contribution in [-0.4, -0.2) is 131 Å². The zero-order valence-electron chi connectivity index (χ0n) is 45.3. The SMILES string of the molecule is CC(NC(=O)CN1Cc2ccc(-c3nc(NC4CCOCC4)ncc3Cl)cc2C1=O)c1cnn(Cc2ccccc2)c1.O=C(CN1Cc2ccc(-c3nc(NC4CCOCC4)ncc3Cl)cc2C1=O)NC(CO)c1ccc(C2CC2)cn1. The summed E-state index contributed by atoms with van der Waals surface area (Å²) in [5.41, 5.74) is 9.05. The van der Waals surface area contributed by atoms with Crippen LogP contribution in [0.4, 0.5) is 11.9 Å². The Kier molecular flexibility index (Phi) is 17.4. The number of nitrogens with zero attached hydrogens (tertiary/aromatic N) is 9. The second-order valence-electron chi connectivity index (χ2n) is 21.2. The van der Waals surface area contributed by atoms with Crippen LogP contribution in [0.1, 0.15) is 118 Å². The number of aliphatic hydroxyl groups is 1. The Bertz CT molecular complexity index is 3450. The Labute approximate surface area is 484 Å². The Morgan fingerprint density at radius 2 is 1.22 bits per heavy atom. The van der Waals surface area contributed by atoms with Crippen LogP contribution in [0.15, 0.2) is 110 Å². The van der Waals surface area contributed by atoms with Crippen molar-refractivity contribution in [2.75, 3.05) is 56.8 Å². The number of aliphatic hydroxyl groups excluding tert-OH is 1. The number of hydrogen-bond acceptors (Lipinski definition) is 15. The fraction of sp³-hybridized carbons (Fsp3) is 0.367. The Morgan fingerprint density at radius 3 is 1.73 bits per heavy atom. The highest BCUT2D eigenvalue weighted by molar-refractivity contribution is 6.33. The molecule has 3 fully saturated rings. The third-order valence-electron chi connectivity index (χ3n) is 15.2. The number of carbonyl (C=O) groups is 4. The van der Waals surface area contributed by atoms with Gasteiger partial charge in [0.2, 0.25) is 23.7 Å². The molecule has 0 spiro atoms. The van der Waals surface area contributed by atoms with Crippen molar-refractivity contribution < 1.29 is 33.8 Å². The number of aromatic nitrogens is 7. The summed E-state index contributed by atoms with van der Waals surface area (Å²) in [5.74, 6) is 0.505. The van der Waals surface area contributed by atoms with Gasteiger partial charge < -0.3 is 45.6 Å². The molecule has 2 unspecified atom stereocenters. The quantitative estimate of drug-likeness (QED) is 0.0548. The van der Waals surface area contributed by atoms with E-state index >= 15 is 0 Å². The molecular weight excluding hydrogens is 1090 g/mol. The monoisotopic (exact) mass is 1150 g/mol. The molecule has 0 radical (unpaired) electrons. The standard InChI is InChI=1S/C31H32ClN7O3.C29H31ClN6O4/c1-20(24-14-34-39(18-24)16-21-5-3-2-4-6-21)35-28(40)19-38-17-23-8-7-22(13-26(23)30(38)41)29-27(32)15-33-31(37-29)36-25-9-11-42-12-10-25;30-23-13-32-29(33-21-7-9-40-10-8-21)35-27(23)18-3-4-20-14-36(28(39)22(20)11-18)15-26(38)34-25(16-37)24-6-5-19(12-31-24)17-1-2-17/h2-8,13-15,18,20,25H,9-12,16-17,19H2,1H3,(H,35,40)(H,33,36,37);3-6,11-13,17,21,25,37H,1-2,7-10,14-16H2,(H,34,38)(H,32,33,35). The maximum atomic E-state index is 13.3. The van der Waals surface area contributed by atoms with Gasteiger partial charge in [0.1, 0.15) is 13.1 Å². The molecule has 2 atom stereocenters. The van der Waals surface area contributed by atoms with Crippen LogP contribution in [0, 0.1) is 0 Å². The van der Waals surface area contributed by atoms with E-state index in [0.29, 0.717) is 108 Å². The lowest BCUT2D eigenvalue weighted by Gasteiger charge is -2.23. The minimum absolute atomic E-state index is 0.0429. The third-order valence-corrected chi connectivity index (χ3v) is 15.8. The van der Waals surface area contributed by atoms with E-state index in [-0.39, 0.29) is 61.5 Å². The van der Waals surface area contributed by atoms with E-state index in [1.807, 2.05) is 90.7 Å². The minimum atomic E-state index is -0.642. The van der Waals surface area contributed by atoms with Gasteiger partial charge in [0, 0.05) is 91.8 Å². The number of fused-ring (bicyclic) bond motifs is 2. The van der Waals surface area contributed by atoms with Crippen molar-refractivity contribution in [2.24, 2.45) is 0 Å². The van der Waals surface area contributed by atoms with Gasteiger partial charge in [0.15, 0.2) is 0 Å². The number of nitrogens with one attached hydrogen (secondary N) is 4. The smallest absolute Gasteiger partial charge is 0.254 e. The molecule has 4 amide bonds. The normalized spacial score (nSPS) is 16.9. The van der Waals surface area contributed by atoms with E-state index in [2.05, 4.69) is 51.3 Å². The predicted octanol–water partition coefficient (Wildman–Crippen LogP) is 7.93. The molecule has 20 nitrogen and oxygen atoms in total. The van der Waals surface area contributed by atoms with Crippen molar-refractivity contribution in [1.29, 1.82) is 0 Å². The van der Waals surface area contributed by atoms with E-state index in [1.165, 1.54) is 23.3 Å². The molecule has 0 bridgehead atoms. The highest BCUT2D eigenvalue weighted by Crippen LogP contribution is 2.40. The largest absolute Gasteiger partial charge is 0.394 e. The number of amides is 4. The highest BCUT2D eigenvalue weighted by atomic mass is 35.5. The summed E-state index contributed by atoms with van der Waals surface area (Å²) in [5, 5.41) is 27.6. The number of rotatable bonds is 18. The number of hydrogen-bond donors (Lipinski definition) is 5. The molecule has 5 N–H and O–H groups in total. The number of benzene rings is 3. The van der Waals surface area contributed by atoms with Crippen LogP contribution in [0.3, 0.4) is 0 Å². The number of anilines is 2. The highest BCUT2D eigenvalue weighted by Gasteiger charge is 2.33. The first-order valence-corrected chi connectivity index (χ1v) is 28.5. The molecular formula is C60H63Cl2N13O7. The summed E-state index contributed by atoms with van der Waals surface area (Å²) >= 11 is 12.9. The van der Waals surface area contributed by atoms with Gasteiger partial charge in [-0.25, -0.2) is 19.9 Å². The van der Waals surface area contributed by atoms with Crippen LogP contribution in [0.2, 0.25) is 10.0 Å². The molecule has 5 aliphatic rings. The van der Waals surface area contributed by atoms with E-state index in [9.17, 15) is 24.3 Å². The van der Waals surface area contributed by atoms with Crippen LogP contribution in [0.5, 0.6) is 0 Å². The van der Waals surface area contributed by atoms with E-state index in [1.54, 1.807) is 35.6 Å². The van der Waals surface area contributed by atoms with Crippen LogP contribution in [0.25, 0.3) is 22.5 Å². The summed E-state index contributed by atoms with van der Waals surface area (Å²) in [6.07, 6.45) is 14.5. The molecule has 8 heterocycles. The number of halogens is 2. The van der Waals surface area contributed by atoms with E-state index in [4.69, 9.17) is 32.7 Å². The maximum absolute atomic E-state index is 13.3. The van der Waals surface area contributed by atoms with Crippen LogP contribution >= 0.6 is 23.2 Å². The number of carbonyl (C=O) groups excluding carboxylic acids is 4. The number of ether oxygens (including phenoxy) is 2. The molecule has 3 aromatic carbocycles. The van der Waals surface area contributed by atoms with E-state index < -0.39 is 6.04 Å². The molecule has 7 aromatic rings. The third kappa shape index (κ3) is 13.5. The lowest BCUT2D eigenvalue weighted by Crippen LogP contribution is -2.40. The van der Waals surface area contributed by atoms with Crippen molar-refractivity contribution in [3.63, 3.8) is 0 Å². The first-order chi connectivity index (χ1) is 39.9. The maximum Gasteiger partial charge on any atom is 0.254 e. The molecule has 22 heteroatoms. The van der Waals surface area contributed by atoms with E-state index in [0.717, 1.165) is 53.5 Å². The second-order valence-corrected chi connectivity index (χ2v) is 22.1. The topological polar surface area (TPSA) is 244 Å². The molecule has 1 saturated carbocycles. The van der Waals surface area contributed by atoms with Gasteiger partial charge in [0.05, 0.1) is 71.0 Å². The van der Waals surface area contributed by atoms with Gasteiger partial charge in [-0.3, -0.25) is 28.8 Å². The lowest BCUT2D eigenvalue weighted by atomic mass is 10.0. The van der Waals surface area contributed by atoms with Crippen molar-refractivity contribution in [3.05, 3.63) is 165 Å². The summed E-state index contributed by atoms with van der Waals surface area (Å²) in [6, 6.07) is 24.6. The Morgan fingerprint density at radius 1 is 0.671 bits per heavy atom. The Balaban J connectivity index is 0.000000172. The van der Waals surface area contributed by atoms with Gasteiger partial charge >= 0.3 is 0 Å². The summed E-state index contributed by atoms with van der Waals surface area (Å²) < 4.78 is 12.7. The van der Waals surface area contributed by atoms with Crippen molar-refractivity contribution in [3.8, 4) is 22.5 Å². The van der Waals surface area contributed by atoms with Crippen molar-refractivity contribution >= 4 is 58.7 Å². The molecule has 1 aliphatic carbocycles. The van der Waals surface area contributed by atoms with Gasteiger partial charge in [-0.1, -0.05) is 83.9 Å². The number of pyridine rings is 1. The van der Waals surface area contributed by atoms with Crippen LogP contribution < -0.4 is 21.3 Å². The predicted molar refractivity (Wildman–Crippen MR) is 308 cm³/mol. The van der Waals surface area contributed by atoms with Crippen LogP contribution in [-0.2, 0) is 38.7 Å². The summed E-state index contributed by atoms with van der Waals surface area (Å²) in [7, 11) is 0. The Hall–Kier alpha value is -7.88. The fourth-order valence-electron chi connectivity index (χ4n) is 10.5. The lowest BCUT2D eigenvalue weighted by molar-refractivity contribution is -0.123. The summed E-state index contributed by atoms with van der Waals surface area (Å²) in [6.45, 7) is 5.58. The fourth-order valence-corrected chi connectivity index (χ4v) is 10.9. The second kappa shape index (κ2) is 25.5. The molecule has 4 aromatic heterocycles. The van der Waals surface area contributed by atoms with Gasteiger partial charge in [-0.2, -0.15) is 5.10 Å². The van der Waals surface area contributed by atoms with Gasteiger partial charge in [-0.15, -0.1) is 0 Å². The first-order valence-electron chi connectivity index (χ1n) is 27.7. The molecule has 424 valence electrons. The zero-order valence-corrected chi connectivity index (χ0v) is 46.8. The molecule has 82 heavy (non-hydrogen) atoms.